The first-order valence-corrected chi connectivity index (χ1v) is 7.28. The predicted octanol–water partition coefficient (Wildman–Crippen LogP) is 2.95. The van der Waals surface area contributed by atoms with E-state index < -0.39 is 12.0 Å². The summed E-state index contributed by atoms with van der Waals surface area (Å²) in [5.41, 5.74) is 1.75. The summed E-state index contributed by atoms with van der Waals surface area (Å²) in [6.45, 7) is 0. The van der Waals surface area contributed by atoms with E-state index in [9.17, 15) is 14.7 Å². The Balaban J connectivity index is 1.85. The van der Waals surface area contributed by atoms with Crippen LogP contribution in [0, 0.1) is 0 Å². The molecule has 114 valence electrons. The number of hydrogen-bond donors (Lipinski definition) is 2. The highest BCUT2D eigenvalue weighted by Gasteiger charge is 2.21. The Labute approximate surface area is 129 Å². The van der Waals surface area contributed by atoms with E-state index in [1.54, 1.807) is 24.3 Å². The lowest BCUT2D eigenvalue weighted by Gasteiger charge is -2.14. The third-order valence-electron chi connectivity index (χ3n) is 3.40. The average molecular weight is 297 g/mol. The zero-order valence-electron chi connectivity index (χ0n) is 12.2. The van der Waals surface area contributed by atoms with E-state index in [1.807, 2.05) is 36.4 Å². The van der Waals surface area contributed by atoms with Crippen LogP contribution in [-0.2, 0) is 16.0 Å². The Morgan fingerprint density at radius 1 is 0.955 bits per heavy atom. The van der Waals surface area contributed by atoms with Crippen LogP contribution in [0.3, 0.4) is 0 Å². The number of hydrogen-bond acceptors (Lipinski definition) is 2. The van der Waals surface area contributed by atoms with Crippen LogP contribution in [0.15, 0.2) is 60.7 Å². The first kappa shape index (κ1) is 15.8. The van der Waals surface area contributed by atoms with Crippen molar-refractivity contribution in [1.82, 2.24) is 5.32 Å². The van der Waals surface area contributed by atoms with Crippen molar-refractivity contribution in [3.63, 3.8) is 0 Å². The predicted molar refractivity (Wildman–Crippen MR) is 84.3 cm³/mol. The van der Waals surface area contributed by atoms with Crippen molar-refractivity contribution in [3.05, 3.63) is 71.8 Å². The fraction of sp³-hybridized carbons (Fsp3) is 0.222. The zero-order valence-corrected chi connectivity index (χ0v) is 12.2. The summed E-state index contributed by atoms with van der Waals surface area (Å²) in [6.07, 6.45) is 1.81. The number of rotatable bonds is 7. The highest BCUT2D eigenvalue weighted by molar-refractivity contribution is 5.84. The van der Waals surface area contributed by atoms with Crippen LogP contribution in [0.2, 0.25) is 0 Å². The third kappa shape index (κ3) is 4.74. The number of carbonyl (C=O) groups excluding carboxylic acids is 1. The third-order valence-corrected chi connectivity index (χ3v) is 3.40. The maximum absolute atomic E-state index is 11.9. The average Bonchev–Trinajstić information content (AvgIpc) is 2.54. The normalized spacial score (nSPS) is 11.6. The Morgan fingerprint density at radius 3 is 2.14 bits per heavy atom. The molecule has 2 rings (SSSR count). The van der Waals surface area contributed by atoms with Gasteiger partial charge in [0, 0.05) is 6.42 Å². The molecule has 0 bridgehead atoms. The van der Waals surface area contributed by atoms with Crippen LogP contribution in [-0.4, -0.2) is 17.0 Å². The molecule has 0 aliphatic carbocycles. The highest BCUT2D eigenvalue weighted by atomic mass is 16.4. The fourth-order valence-corrected chi connectivity index (χ4v) is 2.26. The lowest BCUT2D eigenvalue weighted by Crippen LogP contribution is -2.33. The topological polar surface area (TPSA) is 66.4 Å². The van der Waals surface area contributed by atoms with Crippen LogP contribution < -0.4 is 5.32 Å². The van der Waals surface area contributed by atoms with Crippen LogP contribution in [0.4, 0.5) is 0 Å². The van der Waals surface area contributed by atoms with Crippen molar-refractivity contribution >= 4 is 11.9 Å². The number of benzene rings is 2. The van der Waals surface area contributed by atoms with Crippen molar-refractivity contribution in [3.8, 4) is 0 Å². The summed E-state index contributed by atoms with van der Waals surface area (Å²) in [6, 6.07) is 17.6. The molecule has 4 nitrogen and oxygen atoms in total. The quantitative estimate of drug-likeness (QED) is 0.825. The van der Waals surface area contributed by atoms with Gasteiger partial charge in [0.15, 0.2) is 6.04 Å². The second-order valence-electron chi connectivity index (χ2n) is 5.09. The van der Waals surface area contributed by atoms with Gasteiger partial charge in [-0.05, 0) is 24.0 Å². The number of carbonyl (C=O) groups is 2. The number of carboxylic acids is 1. The number of carboxylic acid groups (broad SMARTS) is 1. The SMILES string of the molecule is O=C(CCCc1ccccc1)NC(C(=O)O)c1ccccc1. The monoisotopic (exact) mass is 297 g/mol. The van der Waals surface area contributed by atoms with Crippen LogP contribution in [0.25, 0.3) is 0 Å². The molecule has 0 fully saturated rings. The minimum absolute atomic E-state index is 0.243. The molecule has 1 amide bonds. The van der Waals surface area contributed by atoms with Gasteiger partial charge in [-0.1, -0.05) is 60.7 Å². The van der Waals surface area contributed by atoms with Crippen molar-refractivity contribution < 1.29 is 14.7 Å². The summed E-state index contributed by atoms with van der Waals surface area (Å²) in [5.74, 6) is -1.30. The standard InChI is InChI=1S/C18H19NO3/c20-16(13-7-10-14-8-3-1-4-9-14)19-17(18(21)22)15-11-5-2-6-12-15/h1-6,8-9,11-12,17H,7,10,13H2,(H,19,20)(H,21,22). The molecular weight excluding hydrogens is 278 g/mol. The van der Waals surface area contributed by atoms with E-state index in [2.05, 4.69) is 5.32 Å². The minimum atomic E-state index is -1.05. The maximum Gasteiger partial charge on any atom is 0.330 e. The molecule has 2 aromatic carbocycles. The van der Waals surface area contributed by atoms with Gasteiger partial charge in [-0.25, -0.2) is 4.79 Å². The van der Waals surface area contributed by atoms with E-state index in [4.69, 9.17) is 0 Å². The van der Waals surface area contributed by atoms with E-state index in [0.29, 0.717) is 18.4 Å². The molecule has 0 aliphatic rings. The molecule has 0 saturated heterocycles. The smallest absolute Gasteiger partial charge is 0.330 e. The largest absolute Gasteiger partial charge is 0.479 e. The van der Waals surface area contributed by atoms with Crippen LogP contribution in [0.1, 0.15) is 30.0 Å². The molecule has 2 N–H and O–H groups in total. The van der Waals surface area contributed by atoms with Crippen LogP contribution in [0.5, 0.6) is 0 Å². The second kappa shape index (κ2) is 7.98. The van der Waals surface area contributed by atoms with E-state index >= 15 is 0 Å². The minimum Gasteiger partial charge on any atom is -0.479 e. The summed E-state index contributed by atoms with van der Waals surface area (Å²) in [4.78, 5) is 23.3. The van der Waals surface area contributed by atoms with Gasteiger partial charge in [-0.2, -0.15) is 0 Å². The molecular formula is C18H19NO3. The van der Waals surface area contributed by atoms with Crippen LogP contribution >= 0.6 is 0 Å². The Morgan fingerprint density at radius 2 is 1.55 bits per heavy atom. The molecule has 0 heterocycles. The fourth-order valence-electron chi connectivity index (χ4n) is 2.26. The molecule has 4 heteroatoms. The molecule has 0 spiro atoms. The van der Waals surface area contributed by atoms with Crippen molar-refractivity contribution in [2.45, 2.75) is 25.3 Å². The molecule has 0 aromatic heterocycles. The maximum atomic E-state index is 11.9. The van der Waals surface area contributed by atoms with E-state index in [1.165, 1.54) is 5.56 Å². The summed E-state index contributed by atoms with van der Waals surface area (Å²) in [5, 5.41) is 11.8. The van der Waals surface area contributed by atoms with Gasteiger partial charge >= 0.3 is 5.97 Å². The first-order chi connectivity index (χ1) is 10.7. The number of aryl methyl sites for hydroxylation is 1. The molecule has 1 unspecified atom stereocenters. The second-order valence-corrected chi connectivity index (χ2v) is 5.09. The molecule has 22 heavy (non-hydrogen) atoms. The molecule has 0 radical (unpaired) electrons. The van der Waals surface area contributed by atoms with Gasteiger partial charge in [-0.15, -0.1) is 0 Å². The van der Waals surface area contributed by atoms with Gasteiger partial charge in [0.05, 0.1) is 0 Å². The lowest BCUT2D eigenvalue weighted by atomic mass is 10.1. The van der Waals surface area contributed by atoms with Crippen molar-refractivity contribution in [2.75, 3.05) is 0 Å². The lowest BCUT2D eigenvalue weighted by molar-refractivity contribution is -0.142. The van der Waals surface area contributed by atoms with Gasteiger partial charge in [0.2, 0.25) is 5.91 Å². The van der Waals surface area contributed by atoms with Gasteiger partial charge in [-0.3, -0.25) is 4.79 Å². The number of aliphatic carboxylic acids is 1. The van der Waals surface area contributed by atoms with E-state index in [-0.39, 0.29) is 5.91 Å². The molecule has 0 aliphatic heterocycles. The Kier molecular flexibility index (Phi) is 5.72. The molecule has 0 saturated carbocycles. The Bertz CT molecular complexity index is 611. The van der Waals surface area contributed by atoms with Crippen molar-refractivity contribution in [1.29, 1.82) is 0 Å². The van der Waals surface area contributed by atoms with Gasteiger partial charge in [0.1, 0.15) is 0 Å². The Hall–Kier alpha value is -2.62. The first-order valence-electron chi connectivity index (χ1n) is 7.28. The molecule has 2 aromatic rings. The van der Waals surface area contributed by atoms with Crippen molar-refractivity contribution in [2.24, 2.45) is 0 Å². The summed E-state index contributed by atoms with van der Waals surface area (Å²) >= 11 is 0. The summed E-state index contributed by atoms with van der Waals surface area (Å²) in [7, 11) is 0. The zero-order chi connectivity index (χ0) is 15.8. The summed E-state index contributed by atoms with van der Waals surface area (Å²) < 4.78 is 0. The van der Waals surface area contributed by atoms with Gasteiger partial charge < -0.3 is 10.4 Å². The highest BCUT2D eigenvalue weighted by Crippen LogP contribution is 2.13. The number of amides is 1. The molecule has 1 atom stereocenters. The van der Waals surface area contributed by atoms with E-state index in [0.717, 1.165) is 6.42 Å². The number of nitrogens with one attached hydrogen (secondary N) is 1. The van der Waals surface area contributed by atoms with Gasteiger partial charge in [0.25, 0.3) is 0 Å².